The summed E-state index contributed by atoms with van der Waals surface area (Å²) in [6.07, 6.45) is 9.04. The van der Waals surface area contributed by atoms with E-state index >= 15 is 0 Å². The van der Waals surface area contributed by atoms with Gasteiger partial charge in [0, 0.05) is 11.8 Å². The first kappa shape index (κ1) is 29.4. The molecule has 3 aliphatic rings. The van der Waals surface area contributed by atoms with E-state index in [1.165, 1.54) is 0 Å². The summed E-state index contributed by atoms with van der Waals surface area (Å²) >= 11 is 0. The van der Waals surface area contributed by atoms with Crippen molar-refractivity contribution in [2.75, 3.05) is 0 Å². The highest BCUT2D eigenvalue weighted by Crippen LogP contribution is 2.37. The van der Waals surface area contributed by atoms with E-state index in [1.807, 2.05) is 45.9 Å². The molecule has 3 rings (SSSR count). The Labute approximate surface area is 220 Å². The van der Waals surface area contributed by atoms with Gasteiger partial charge in [0.2, 0.25) is 0 Å². The highest BCUT2D eigenvalue weighted by Gasteiger charge is 2.47. The van der Waals surface area contributed by atoms with Crippen molar-refractivity contribution in [3.63, 3.8) is 0 Å². The Hall–Kier alpha value is -2.16. The first-order chi connectivity index (χ1) is 17.4. The predicted octanol–water partition coefficient (Wildman–Crippen LogP) is 4.63. The molecule has 0 bridgehead atoms. The second kappa shape index (κ2) is 12.6. The minimum Gasteiger partial charge on any atom is -0.457 e. The van der Waals surface area contributed by atoms with Crippen LogP contribution in [0.1, 0.15) is 73.6 Å². The number of hydrogen-bond donors (Lipinski definition) is 2. The van der Waals surface area contributed by atoms with Crippen LogP contribution in [-0.4, -0.2) is 64.6 Å². The average Bonchev–Trinajstić information content (AvgIpc) is 3.53. The van der Waals surface area contributed by atoms with Crippen LogP contribution in [0.2, 0.25) is 0 Å². The minimum atomic E-state index is -0.900. The number of aliphatic hydroxyl groups excluding tert-OH is 2. The minimum absolute atomic E-state index is 0.119. The molecule has 208 valence electrons. The number of allylic oxidation sites excluding steroid dienone is 3. The van der Waals surface area contributed by atoms with Crippen LogP contribution in [-0.2, 0) is 23.7 Å². The number of cyclic esters (lactones) is 1. The van der Waals surface area contributed by atoms with Crippen molar-refractivity contribution < 1.29 is 38.7 Å². The summed E-state index contributed by atoms with van der Waals surface area (Å²) < 4.78 is 22.4. The van der Waals surface area contributed by atoms with Crippen LogP contribution in [0.15, 0.2) is 36.0 Å². The third-order valence-electron chi connectivity index (χ3n) is 7.86. The van der Waals surface area contributed by atoms with Gasteiger partial charge in [-0.2, -0.15) is 0 Å². The van der Waals surface area contributed by atoms with Gasteiger partial charge in [-0.1, -0.05) is 52.0 Å². The Kier molecular flexibility index (Phi) is 10.0. The maximum atomic E-state index is 12.6. The van der Waals surface area contributed by atoms with E-state index in [0.29, 0.717) is 6.42 Å². The summed E-state index contributed by atoms with van der Waals surface area (Å²) in [5.41, 5.74) is -0.0314. The second-order valence-corrected chi connectivity index (χ2v) is 11.2. The number of hydrogen-bond acceptors (Lipinski definition) is 8. The number of carbonyl (C=O) groups is 2. The molecule has 0 saturated carbocycles. The first-order valence-corrected chi connectivity index (χ1v) is 13.6. The van der Waals surface area contributed by atoms with Crippen molar-refractivity contribution in [3.8, 4) is 0 Å². The summed E-state index contributed by atoms with van der Waals surface area (Å²) in [5, 5.41) is 20.4. The fourth-order valence-electron chi connectivity index (χ4n) is 5.20. The monoisotopic (exact) mass is 520 g/mol. The normalized spacial score (nSPS) is 38.3. The fourth-order valence-corrected chi connectivity index (χ4v) is 5.20. The lowest BCUT2D eigenvalue weighted by molar-refractivity contribution is -0.151. The highest BCUT2D eigenvalue weighted by atomic mass is 16.8. The molecule has 37 heavy (non-hydrogen) atoms. The van der Waals surface area contributed by atoms with Gasteiger partial charge in [0.25, 0.3) is 0 Å². The van der Waals surface area contributed by atoms with E-state index in [2.05, 4.69) is 13.0 Å². The largest absolute Gasteiger partial charge is 0.509 e. The van der Waals surface area contributed by atoms with Gasteiger partial charge in [-0.05, 0) is 57.1 Å². The molecule has 0 aliphatic carbocycles. The molecule has 10 unspecified atom stereocenters. The molecule has 2 N–H and O–H groups in total. The molecule has 2 saturated heterocycles. The molecule has 8 heteroatoms. The van der Waals surface area contributed by atoms with Crippen molar-refractivity contribution in [2.24, 2.45) is 17.8 Å². The number of carbonyl (C=O) groups excluding carboxylic acids is 2. The lowest BCUT2D eigenvalue weighted by atomic mass is 9.89. The number of esters is 1. The van der Waals surface area contributed by atoms with Gasteiger partial charge in [-0.25, -0.2) is 4.79 Å². The van der Waals surface area contributed by atoms with Gasteiger partial charge in [-0.3, -0.25) is 4.79 Å². The third-order valence-corrected chi connectivity index (χ3v) is 7.86. The molecule has 0 aromatic rings. The number of aliphatic hydroxyl groups is 2. The van der Waals surface area contributed by atoms with Crippen LogP contribution in [0.25, 0.3) is 0 Å². The molecular weight excluding hydrogens is 476 g/mol. The molecule has 0 spiro atoms. The molecule has 0 amide bonds. The maximum absolute atomic E-state index is 12.6. The van der Waals surface area contributed by atoms with Crippen molar-refractivity contribution in [1.82, 2.24) is 0 Å². The van der Waals surface area contributed by atoms with Crippen molar-refractivity contribution >= 4 is 12.1 Å². The number of rotatable bonds is 8. The topological polar surface area (TPSA) is 115 Å². The zero-order valence-corrected chi connectivity index (χ0v) is 23.0. The van der Waals surface area contributed by atoms with Crippen LogP contribution in [0, 0.1) is 17.8 Å². The molecule has 10 atom stereocenters. The van der Waals surface area contributed by atoms with Crippen LogP contribution in [0.5, 0.6) is 0 Å². The number of epoxide rings is 1. The molecule has 0 radical (unpaired) electrons. The van der Waals surface area contributed by atoms with Crippen molar-refractivity contribution in [1.29, 1.82) is 0 Å². The van der Waals surface area contributed by atoms with Crippen LogP contribution < -0.4 is 0 Å². The quantitative estimate of drug-likeness (QED) is 0.206. The van der Waals surface area contributed by atoms with Gasteiger partial charge in [-0.15, -0.1) is 0 Å². The van der Waals surface area contributed by atoms with Gasteiger partial charge in [0.05, 0.1) is 30.8 Å². The Morgan fingerprint density at radius 3 is 2.68 bits per heavy atom. The molecule has 3 heterocycles. The SMILES string of the molecule is CCC(O)C(C)C1OC1CC(C)/C=C/C=C(\C)C1OC(=O)CC(O)CCC2(C)OC(=O)OC2/C=C\C1C. The van der Waals surface area contributed by atoms with Gasteiger partial charge < -0.3 is 29.2 Å². The maximum Gasteiger partial charge on any atom is 0.509 e. The van der Waals surface area contributed by atoms with Crippen LogP contribution >= 0.6 is 0 Å². The summed E-state index contributed by atoms with van der Waals surface area (Å²) in [6.45, 7) is 11.8. The van der Waals surface area contributed by atoms with E-state index in [0.717, 1.165) is 18.4 Å². The zero-order valence-electron chi connectivity index (χ0n) is 23.0. The molecular formula is C29H44O8. The predicted molar refractivity (Wildman–Crippen MR) is 139 cm³/mol. The first-order valence-electron chi connectivity index (χ1n) is 13.6. The number of fused-ring (bicyclic) bond motifs is 1. The molecule has 3 aliphatic heterocycles. The Bertz CT molecular complexity index is 894. The van der Waals surface area contributed by atoms with Gasteiger partial charge in [0.15, 0.2) is 11.7 Å². The van der Waals surface area contributed by atoms with Crippen molar-refractivity contribution in [2.45, 2.75) is 116 Å². The van der Waals surface area contributed by atoms with E-state index in [9.17, 15) is 19.8 Å². The van der Waals surface area contributed by atoms with Gasteiger partial charge in [0.1, 0.15) is 6.10 Å². The van der Waals surface area contributed by atoms with E-state index in [1.54, 1.807) is 13.0 Å². The number of ether oxygens (including phenoxy) is 4. The third kappa shape index (κ3) is 7.91. The molecule has 2 fully saturated rings. The summed E-state index contributed by atoms with van der Waals surface area (Å²) in [6, 6.07) is 0. The highest BCUT2D eigenvalue weighted by molar-refractivity contribution is 5.70. The fraction of sp³-hybridized carbons (Fsp3) is 0.724. The van der Waals surface area contributed by atoms with Crippen LogP contribution in [0.4, 0.5) is 4.79 Å². The Balaban J connectivity index is 1.66. The Morgan fingerprint density at radius 2 is 1.97 bits per heavy atom. The van der Waals surface area contributed by atoms with E-state index in [4.69, 9.17) is 18.9 Å². The average molecular weight is 521 g/mol. The second-order valence-electron chi connectivity index (χ2n) is 11.2. The summed E-state index contributed by atoms with van der Waals surface area (Å²) in [5.74, 6) is -0.247. The molecule has 8 nitrogen and oxygen atoms in total. The van der Waals surface area contributed by atoms with Crippen LogP contribution in [0.3, 0.4) is 0 Å². The lowest BCUT2D eigenvalue weighted by Gasteiger charge is -2.28. The zero-order chi connectivity index (χ0) is 27.3. The van der Waals surface area contributed by atoms with E-state index < -0.39 is 36.0 Å². The summed E-state index contributed by atoms with van der Waals surface area (Å²) in [4.78, 5) is 24.4. The molecule has 0 aromatic carbocycles. The van der Waals surface area contributed by atoms with Crippen molar-refractivity contribution in [3.05, 3.63) is 36.0 Å². The lowest BCUT2D eigenvalue weighted by Crippen LogP contribution is -2.37. The summed E-state index contributed by atoms with van der Waals surface area (Å²) in [7, 11) is 0. The Morgan fingerprint density at radius 1 is 1.24 bits per heavy atom. The standard InChI is InChI=1S/C29H44O8/c1-7-22(31)20(5)27-23(34-27)15-17(2)9-8-10-18(3)26-19(4)11-12-24-29(6,37-28(33)35-24)14-13-21(30)16-25(32)36-26/h8-12,17,19-24,26-27,30-31H,7,13-16H2,1-6H3/b9-8+,12-11-,18-10+. The van der Waals surface area contributed by atoms with E-state index in [-0.39, 0.29) is 48.9 Å². The smallest absolute Gasteiger partial charge is 0.457 e. The van der Waals surface area contributed by atoms with Gasteiger partial charge >= 0.3 is 12.1 Å². The molecule has 0 aromatic heterocycles.